The van der Waals surface area contributed by atoms with Crippen LogP contribution in [0.4, 0.5) is 0 Å². The van der Waals surface area contributed by atoms with Gasteiger partial charge in [0.15, 0.2) is 11.5 Å². The van der Waals surface area contributed by atoms with Crippen molar-refractivity contribution in [1.82, 2.24) is 5.32 Å². The zero-order chi connectivity index (χ0) is 20.9. The summed E-state index contributed by atoms with van der Waals surface area (Å²) in [6.45, 7) is 9.40. The van der Waals surface area contributed by atoms with E-state index in [-0.39, 0.29) is 0 Å². The first-order valence-corrected chi connectivity index (χ1v) is 11.8. The van der Waals surface area contributed by atoms with E-state index in [0.29, 0.717) is 13.2 Å². The standard InChI is InChI=1S/C25H36BrNO2/c1-4-6-7-8-9-12-15-27-18-22-16-24(28-5-2)25(17-23(22)26)29-19-21-14-11-10-13-20(21)3/h10-11,13-14,16-17,27H,4-9,12,15,18-19H2,1-3H3. The first kappa shape index (κ1) is 23.8. The van der Waals surface area contributed by atoms with Crippen molar-refractivity contribution < 1.29 is 9.47 Å². The van der Waals surface area contributed by atoms with E-state index in [0.717, 1.165) is 29.1 Å². The van der Waals surface area contributed by atoms with Gasteiger partial charge in [-0.05, 0) is 55.6 Å². The lowest BCUT2D eigenvalue weighted by atomic mass is 10.1. The summed E-state index contributed by atoms with van der Waals surface area (Å²) in [7, 11) is 0. The molecule has 0 amide bonds. The first-order chi connectivity index (χ1) is 14.2. The summed E-state index contributed by atoms with van der Waals surface area (Å²) in [5.41, 5.74) is 3.62. The molecule has 0 aliphatic heterocycles. The van der Waals surface area contributed by atoms with Crippen LogP contribution in [-0.4, -0.2) is 13.2 Å². The van der Waals surface area contributed by atoms with Crippen LogP contribution >= 0.6 is 15.9 Å². The van der Waals surface area contributed by atoms with Crippen LogP contribution in [-0.2, 0) is 13.2 Å². The van der Waals surface area contributed by atoms with Crippen molar-refractivity contribution in [2.75, 3.05) is 13.2 Å². The van der Waals surface area contributed by atoms with E-state index in [9.17, 15) is 0 Å². The Morgan fingerprint density at radius 1 is 0.862 bits per heavy atom. The number of hydrogen-bond donors (Lipinski definition) is 1. The summed E-state index contributed by atoms with van der Waals surface area (Å²) in [4.78, 5) is 0. The van der Waals surface area contributed by atoms with Gasteiger partial charge in [0, 0.05) is 11.0 Å². The molecule has 3 nitrogen and oxygen atoms in total. The third-order valence-electron chi connectivity index (χ3n) is 5.08. The van der Waals surface area contributed by atoms with Crippen molar-refractivity contribution in [2.24, 2.45) is 0 Å². The quantitative estimate of drug-likeness (QED) is 0.302. The number of benzene rings is 2. The molecular weight excluding hydrogens is 426 g/mol. The lowest BCUT2D eigenvalue weighted by Crippen LogP contribution is -2.15. The number of ether oxygens (including phenoxy) is 2. The van der Waals surface area contributed by atoms with Gasteiger partial charge < -0.3 is 14.8 Å². The zero-order valence-corrected chi connectivity index (χ0v) is 19.8. The summed E-state index contributed by atoms with van der Waals surface area (Å²) >= 11 is 3.71. The van der Waals surface area contributed by atoms with Crippen LogP contribution in [0.5, 0.6) is 11.5 Å². The van der Waals surface area contributed by atoms with E-state index in [1.807, 2.05) is 25.1 Å². The van der Waals surface area contributed by atoms with E-state index in [1.54, 1.807) is 0 Å². The molecule has 160 valence electrons. The van der Waals surface area contributed by atoms with Gasteiger partial charge in [-0.15, -0.1) is 0 Å². The highest BCUT2D eigenvalue weighted by molar-refractivity contribution is 9.10. The minimum atomic E-state index is 0.537. The van der Waals surface area contributed by atoms with Crippen molar-refractivity contribution in [3.8, 4) is 11.5 Å². The van der Waals surface area contributed by atoms with Crippen molar-refractivity contribution in [3.63, 3.8) is 0 Å². The monoisotopic (exact) mass is 461 g/mol. The summed E-state index contributed by atoms with van der Waals surface area (Å²) in [5, 5.41) is 3.56. The van der Waals surface area contributed by atoms with Crippen LogP contribution in [0.15, 0.2) is 40.9 Å². The second kappa shape index (κ2) is 13.7. The summed E-state index contributed by atoms with van der Waals surface area (Å²) in [6, 6.07) is 12.4. The topological polar surface area (TPSA) is 30.5 Å². The number of aryl methyl sites for hydroxylation is 1. The summed E-state index contributed by atoms with van der Waals surface area (Å²) in [6.07, 6.45) is 7.92. The second-order valence-corrected chi connectivity index (χ2v) is 8.34. The average Bonchev–Trinajstić information content (AvgIpc) is 2.72. The van der Waals surface area contributed by atoms with Gasteiger partial charge in [-0.1, -0.05) is 79.2 Å². The average molecular weight is 462 g/mol. The van der Waals surface area contributed by atoms with Gasteiger partial charge in [-0.25, -0.2) is 0 Å². The molecule has 0 bridgehead atoms. The van der Waals surface area contributed by atoms with E-state index in [2.05, 4.69) is 53.3 Å². The van der Waals surface area contributed by atoms with E-state index >= 15 is 0 Å². The fourth-order valence-electron chi connectivity index (χ4n) is 3.27. The molecule has 2 rings (SSSR count). The van der Waals surface area contributed by atoms with Crippen LogP contribution < -0.4 is 14.8 Å². The predicted octanol–water partition coefficient (Wildman–Crippen LogP) is 7.19. The lowest BCUT2D eigenvalue weighted by molar-refractivity contribution is 0.268. The van der Waals surface area contributed by atoms with Gasteiger partial charge >= 0.3 is 0 Å². The molecule has 0 saturated heterocycles. The normalized spacial score (nSPS) is 10.9. The van der Waals surface area contributed by atoms with Gasteiger partial charge in [0.2, 0.25) is 0 Å². The molecule has 0 radical (unpaired) electrons. The molecule has 0 unspecified atom stereocenters. The molecule has 2 aromatic rings. The molecular formula is C25H36BrNO2. The highest BCUT2D eigenvalue weighted by atomic mass is 79.9. The first-order valence-electron chi connectivity index (χ1n) is 11.0. The number of hydrogen-bond acceptors (Lipinski definition) is 3. The highest BCUT2D eigenvalue weighted by Gasteiger charge is 2.11. The van der Waals surface area contributed by atoms with Crippen LogP contribution in [0, 0.1) is 6.92 Å². The third-order valence-corrected chi connectivity index (χ3v) is 5.82. The molecule has 0 aliphatic carbocycles. The van der Waals surface area contributed by atoms with Gasteiger partial charge in [-0.2, -0.15) is 0 Å². The molecule has 4 heteroatoms. The van der Waals surface area contributed by atoms with Gasteiger partial charge in [-0.3, -0.25) is 0 Å². The Bertz CT molecular complexity index is 733. The van der Waals surface area contributed by atoms with Crippen molar-refractivity contribution in [3.05, 3.63) is 57.6 Å². The number of nitrogens with one attached hydrogen (secondary N) is 1. The van der Waals surface area contributed by atoms with E-state index in [4.69, 9.17) is 9.47 Å². The maximum absolute atomic E-state index is 6.11. The van der Waals surface area contributed by atoms with Crippen LogP contribution in [0.2, 0.25) is 0 Å². The molecule has 0 fully saturated rings. The molecule has 0 atom stereocenters. The molecule has 0 aliphatic rings. The van der Waals surface area contributed by atoms with E-state index in [1.165, 1.54) is 55.2 Å². The number of unbranched alkanes of at least 4 members (excludes halogenated alkanes) is 5. The minimum absolute atomic E-state index is 0.537. The predicted molar refractivity (Wildman–Crippen MR) is 126 cm³/mol. The Balaban J connectivity index is 1.90. The molecule has 1 N–H and O–H groups in total. The second-order valence-electron chi connectivity index (χ2n) is 7.48. The maximum atomic E-state index is 6.11. The molecule has 0 heterocycles. The Morgan fingerprint density at radius 2 is 1.59 bits per heavy atom. The Morgan fingerprint density at radius 3 is 2.34 bits per heavy atom. The summed E-state index contributed by atoms with van der Waals surface area (Å²) in [5.74, 6) is 1.59. The fourth-order valence-corrected chi connectivity index (χ4v) is 3.74. The molecule has 0 spiro atoms. The Labute approximate surface area is 185 Å². The van der Waals surface area contributed by atoms with Gasteiger partial charge in [0.1, 0.15) is 6.61 Å². The molecule has 0 aromatic heterocycles. The molecule has 2 aromatic carbocycles. The molecule has 0 saturated carbocycles. The number of halogens is 1. The highest BCUT2D eigenvalue weighted by Crippen LogP contribution is 2.34. The van der Waals surface area contributed by atoms with E-state index < -0.39 is 0 Å². The molecule has 29 heavy (non-hydrogen) atoms. The summed E-state index contributed by atoms with van der Waals surface area (Å²) < 4.78 is 13.0. The van der Waals surface area contributed by atoms with Crippen molar-refractivity contribution in [2.45, 2.75) is 72.4 Å². The van der Waals surface area contributed by atoms with Crippen molar-refractivity contribution in [1.29, 1.82) is 0 Å². The van der Waals surface area contributed by atoms with Crippen LogP contribution in [0.1, 0.15) is 69.1 Å². The lowest BCUT2D eigenvalue weighted by Gasteiger charge is -2.16. The van der Waals surface area contributed by atoms with Gasteiger partial charge in [0.25, 0.3) is 0 Å². The smallest absolute Gasteiger partial charge is 0.162 e. The van der Waals surface area contributed by atoms with Crippen LogP contribution in [0.25, 0.3) is 0 Å². The number of rotatable bonds is 14. The van der Waals surface area contributed by atoms with Crippen molar-refractivity contribution >= 4 is 15.9 Å². The van der Waals surface area contributed by atoms with Crippen LogP contribution in [0.3, 0.4) is 0 Å². The van der Waals surface area contributed by atoms with Gasteiger partial charge in [0.05, 0.1) is 6.61 Å². The Hall–Kier alpha value is -1.52. The largest absolute Gasteiger partial charge is 0.490 e. The Kier molecular flexibility index (Phi) is 11.2. The fraction of sp³-hybridized carbons (Fsp3) is 0.520. The maximum Gasteiger partial charge on any atom is 0.162 e. The zero-order valence-electron chi connectivity index (χ0n) is 18.2. The SMILES string of the molecule is CCCCCCCCNCc1cc(OCC)c(OCc2ccccc2C)cc1Br. The third kappa shape index (κ3) is 8.39. The minimum Gasteiger partial charge on any atom is -0.490 e.